The first-order valence-corrected chi connectivity index (χ1v) is 7.12. The zero-order chi connectivity index (χ0) is 16.3. The van der Waals surface area contributed by atoms with Crippen LogP contribution in [0.25, 0.3) is 0 Å². The van der Waals surface area contributed by atoms with Crippen LogP contribution in [0.15, 0.2) is 34.9 Å². The molecule has 0 fully saturated rings. The highest BCUT2D eigenvalue weighted by atomic mass is 35.5. The molecule has 6 heteroatoms. The monoisotopic (exact) mass is 321 g/mol. The molecule has 0 aliphatic heterocycles. The van der Waals surface area contributed by atoms with E-state index in [0.717, 1.165) is 5.56 Å². The molecule has 2 aromatic rings. The number of anilines is 1. The van der Waals surface area contributed by atoms with Crippen molar-refractivity contribution in [1.82, 2.24) is 0 Å². The molecule has 0 atom stereocenters. The van der Waals surface area contributed by atoms with Crippen molar-refractivity contribution in [3.63, 3.8) is 0 Å². The van der Waals surface area contributed by atoms with Gasteiger partial charge in [0, 0.05) is 11.3 Å². The van der Waals surface area contributed by atoms with Crippen molar-refractivity contribution in [2.24, 2.45) is 0 Å². The predicted octanol–water partition coefficient (Wildman–Crippen LogP) is 4.06. The zero-order valence-electron chi connectivity index (χ0n) is 12.5. The Morgan fingerprint density at radius 3 is 2.59 bits per heavy atom. The van der Waals surface area contributed by atoms with Crippen LogP contribution >= 0.6 is 11.6 Å². The first-order valence-electron chi connectivity index (χ1n) is 6.74. The smallest absolute Gasteiger partial charge is 0.339 e. The van der Waals surface area contributed by atoms with Crippen LogP contribution in [0.1, 0.15) is 40.3 Å². The molecule has 1 heterocycles. The summed E-state index contributed by atoms with van der Waals surface area (Å²) in [5.41, 5.74) is 1.36. The van der Waals surface area contributed by atoms with Gasteiger partial charge in [0.15, 0.2) is 5.76 Å². The van der Waals surface area contributed by atoms with Gasteiger partial charge >= 0.3 is 5.97 Å². The first kappa shape index (κ1) is 16.1. The van der Waals surface area contributed by atoms with Crippen molar-refractivity contribution in [2.45, 2.75) is 26.9 Å². The van der Waals surface area contributed by atoms with Crippen LogP contribution in [0.2, 0.25) is 5.02 Å². The molecule has 22 heavy (non-hydrogen) atoms. The van der Waals surface area contributed by atoms with Crippen LogP contribution in [-0.2, 0) is 4.74 Å². The van der Waals surface area contributed by atoms with E-state index in [1.54, 1.807) is 32.9 Å². The number of halogens is 1. The molecule has 1 aromatic carbocycles. The van der Waals surface area contributed by atoms with E-state index in [2.05, 4.69) is 5.32 Å². The van der Waals surface area contributed by atoms with E-state index in [1.807, 2.05) is 0 Å². The second-order valence-electron chi connectivity index (χ2n) is 5.04. The Hall–Kier alpha value is -2.27. The fourth-order valence-electron chi connectivity index (χ4n) is 1.83. The molecule has 5 nitrogen and oxygen atoms in total. The summed E-state index contributed by atoms with van der Waals surface area (Å²) < 4.78 is 10.2. The lowest BCUT2D eigenvalue weighted by Crippen LogP contribution is -2.15. The highest BCUT2D eigenvalue weighted by Crippen LogP contribution is 2.23. The fourth-order valence-corrected chi connectivity index (χ4v) is 2.02. The number of amides is 1. The fraction of sp³-hybridized carbons (Fsp3) is 0.250. The second-order valence-corrected chi connectivity index (χ2v) is 5.44. The van der Waals surface area contributed by atoms with Crippen molar-refractivity contribution in [3.05, 3.63) is 52.4 Å². The topological polar surface area (TPSA) is 68.5 Å². The molecular weight excluding hydrogens is 306 g/mol. The van der Waals surface area contributed by atoms with Gasteiger partial charge in [-0.25, -0.2) is 4.79 Å². The lowest BCUT2D eigenvalue weighted by atomic mass is 10.2. The SMILES string of the molecule is Cc1ccoc1C(=O)Nc1ccc(Cl)c(C(=O)OC(C)C)c1. The standard InChI is InChI=1S/C16H16ClNO4/c1-9(2)22-16(20)12-8-11(4-5-13(12)17)18-15(19)14-10(3)6-7-21-14/h4-9H,1-3H3,(H,18,19). The van der Waals surface area contributed by atoms with E-state index < -0.39 is 11.9 Å². The van der Waals surface area contributed by atoms with Crippen LogP contribution < -0.4 is 5.32 Å². The number of carbonyl (C=O) groups excluding carboxylic acids is 2. The first-order chi connectivity index (χ1) is 10.4. The van der Waals surface area contributed by atoms with Gasteiger partial charge < -0.3 is 14.5 Å². The van der Waals surface area contributed by atoms with Crippen LogP contribution in [0, 0.1) is 6.92 Å². The number of rotatable bonds is 4. The summed E-state index contributed by atoms with van der Waals surface area (Å²) >= 11 is 6.00. The summed E-state index contributed by atoms with van der Waals surface area (Å²) in [6.45, 7) is 5.26. The molecule has 1 N–H and O–H groups in total. The Labute approximate surface area is 133 Å². The minimum atomic E-state index is -0.537. The molecule has 0 radical (unpaired) electrons. The quantitative estimate of drug-likeness (QED) is 0.862. The maximum Gasteiger partial charge on any atom is 0.339 e. The lowest BCUT2D eigenvalue weighted by Gasteiger charge is -2.11. The average Bonchev–Trinajstić information content (AvgIpc) is 2.86. The Balaban J connectivity index is 2.21. The van der Waals surface area contributed by atoms with Crippen LogP contribution in [0.4, 0.5) is 5.69 Å². The molecule has 0 aliphatic rings. The van der Waals surface area contributed by atoms with E-state index in [9.17, 15) is 9.59 Å². The second kappa shape index (κ2) is 6.66. The lowest BCUT2D eigenvalue weighted by molar-refractivity contribution is 0.0378. The van der Waals surface area contributed by atoms with Gasteiger partial charge in [-0.1, -0.05) is 11.6 Å². The number of hydrogen-bond donors (Lipinski definition) is 1. The van der Waals surface area contributed by atoms with E-state index >= 15 is 0 Å². The van der Waals surface area contributed by atoms with Gasteiger partial charge in [0.05, 0.1) is 23.0 Å². The van der Waals surface area contributed by atoms with Gasteiger partial charge in [0.2, 0.25) is 0 Å². The van der Waals surface area contributed by atoms with Gasteiger partial charge in [0.1, 0.15) is 0 Å². The number of hydrogen-bond acceptors (Lipinski definition) is 4. The summed E-state index contributed by atoms with van der Waals surface area (Å²) in [7, 11) is 0. The number of esters is 1. The summed E-state index contributed by atoms with van der Waals surface area (Å²) in [5, 5.41) is 2.92. The Morgan fingerprint density at radius 2 is 2.00 bits per heavy atom. The number of carbonyl (C=O) groups is 2. The van der Waals surface area contributed by atoms with Crippen molar-refractivity contribution in [3.8, 4) is 0 Å². The summed E-state index contributed by atoms with van der Waals surface area (Å²) in [6, 6.07) is 6.30. The molecule has 0 saturated heterocycles. The highest BCUT2D eigenvalue weighted by Gasteiger charge is 2.17. The molecule has 1 aromatic heterocycles. The molecule has 0 spiro atoms. The van der Waals surface area contributed by atoms with Crippen LogP contribution in [0.5, 0.6) is 0 Å². The van der Waals surface area contributed by atoms with E-state index in [1.165, 1.54) is 18.4 Å². The molecule has 0 aliphatic carbocycles. The largest absolute Gasteiger partial charge is 0.459 e. The van der Waals surface area contributed by atoms with Crippen molar-refractivity contribution < 1.29 is 18.7 Å². The van der Waals surface area contributed by atoms with Crippen molar-refractivity contribution >= 4 is 29.2 Å². The number of ether oxygens (including phenoxy) is 1. The Morgan fingerprint density at radius 1 is 1.27 bits per heavy atom. The van der Waals surface area contributed by atoms with Gasteiger partial charge in [0.25, 0.3) is 5.91 Å². The molecule has 0 bridgehead atoms. The minimum absolute atomic E-state index is 0.198. The van der Waals surface area contributed by atoms with Crippen molar-refractivity contribution in [2.75, 3.05) is 5.32 Å². The summed E-state index contributed by atoms with van der Waals surface area (Å²) in [6.07, 6.45) is 1.19. The summed E-state index contributed by atoms with van der Waals surface area (Å²) in [5.74, 6) is -0.709. The van der Waals surface area contributed by atoms with Crippen molar-refractivity contribution in [1.29, 1.82) is 0 Å². The van der Waals surface area contributed by atoms with E-state index in [-0.39, 0.29) is 22.5 Å². The minimum Gasteiger partial charge on any atom is -0.459 e. The van der Waals surface area contributed by atoms with E-state index in [0.29, 0.717) is 5.69 Å². The van der Waals surface area contributed by atoms with E-state index in [4.69, 9.17) is 20.8 Å². The average molecular weight is 322 g/mol. The van der Waals surface area contributed by atoms with Gasteiger partial charge in [-0.3, -0.25) is 4.79 Å². The maximum absolute atomic E-state index is 12.1. The zero-order valence-corrected chi connectivity index (χ0v) is 13.2. The third kappa shape index (κ3) is 3.68. The number of benzene rings is 1. The Bertz CT molecular complexity index is 706. The molecule has 0 unspecified atom stereocenters. The van der Waals surface area contributed by atoms with Gasteiger partial charge in [-0.15, -0.1) is 0 Å². The normalized spacial score (nSPS) is 10.6. The number of nitrogens with one attached hydrogen (secondary N) is 1. The molecule has 1 amide bonds. The van der Waals surface area contributed by atoms with Gasteiger partial charge in [-0.05, 0) is 45.0 Å². The molecule has 0 saturated carbocycles. The predicted molar refractivity (Wildman–Crippen MR) is 83.4 cm³/mol. The number of furan rings is 1. The molecular formula is C16H16ClNO4. The molecule has 116 valence electrons. The Kier molecular flexibility index (Phi) is 4.88. The summed E-state index contributed by atoms with van der Waals surface area (Å²) in [4.78, 5) is 24.0. The van der Waals surface area contributed by atoms with Gasteiger partial charge in [-0.2, -0.15) is 0 Å². The number of aryl methyl sites for hydroxylation is 1. The third-order valence-electron chi connectivity index (χ3n) is 2.86. The van der Waals surface area contributed by atoms with Crippen LogP contribution in [0.3, 0.4) is 0 Å². The highest BCUT2D eigenvalue weighted by molar-refractivity contribution is 6.33. The third-order valence-corrected chi connectivity index (χ3v) is 3.18. The molecule has 2 rings (SSSR count). The maximum atomic E-state index is 12.1. The van der Waals surface area contributed by atoms with Crippen LogP contribution in [-0.4, -0.2) is 18.0 Å².